The smallest absolute Gasteiger partial charge is 0.329 e. The SMILES string of the molecule is C=CCOP(=O)(O)OS(=O)(=O)CCN. The third-order valence-corrected chi connectivity index (χ3v) is 3.80. The summed E-state index contributed by atoms with van der Waals surface area (Å²) >= 11 is 0. The van der Waals surface area contributed by atoms with E-state index in [1.807, 2.05) is 0 Å². The van der Waals surface area contributed by atoms with E-state index >= 15 is 0 Å². The van der Waals surface area contributed by atoms with E-state index in [-0.39, 0.29) is 13.2 Å². The van der Waals surface area contributed by atoms with Crippen molar-refractivity contribution in [2.24, 2.45) is 5.73 Å². The summed E-state index contributed by atoms with van der Waals surface area (Å²) in [5, 5.41) is 0. The minimum absolute atomic E-state index is 0.205. The van der Waals surface area contributed by atoms with Gasteiger partial charge in [0.1, 0.15) is 0 Å². The predicted molar refractivity (Wildman–Crippen MR) is 49.9 cm³/mol. The molecule has 0 rings (SSSR count). The fourth-order valence-corrected chi connectivity index (χ4v) is 2.69. The molecule has 0 bridgehead atoms. The lowest BCUT2D eigenvalue weighted by atomic mass is 10.7. The maximum absolute atomic E-state index is 10.9. The number of nitrogens with two attached hydrogens (primary N) is 1. The molecule has 1 unspecified atom stereocenters. The Morgan fingerprint density at radius 3 is 2.57 bits per heavy atom. The molecule has 0 aliphatic heterocycles. The van der Waals surface area contributed by atoms with Gasteiger partial charge in [-0.1, -0.05) is 6.08 Å². The molecule has 0 spiro atoms. The Kier molecular flexibility index (Phi) is 5.50. The summed E-state index contributed by atoms with van der Waals surface area (Å²) < 4.78 is 40.8. The number of rotatable bonds is 7. The van der Waals surface area contributed by atoms with E-state index in [0.717, 1.165) is 0 Å². The van der Waals surface area contributed by atoms with Gasteiger partial charge in [-0.2, -0.15) is 12.4 Å². The first kappa shape index (κ1) is 13.8. The van der Waals surface area contributed by atoms with E-state index in [9.17, 15) is 13.0 Å². The Morgan fingerprint density at radius 1 is 1.57 bits per heavy atom. The van der Waals surface area contributed by atoms with Gasteiger partial charge in [-0.3, -0.25) is 4.52 Å². The summed E-state index contributed by atoms with van der Waals surface area (Å²) in [5.74, 6) is -0.547. The highest BCUT2D eigenvalue weighted by molar-refractivity contribution is 7.90. The fraction of sp³-hybridized carbons (Fsp3) is 0.600. The lowest BCUT2D eigenvalue weighted by molar-refractivity contribution is 0.225. The van der Waals surface area contributed by atoms with Crippen LogP contribution in [-0.2, 0) is 23.2 Å². The summed E-state index contributed by atoms with van der Waals surface area (Å²) in [6.45, 7) is 2.72. The largest absolute Gasteiger partial charge is 0.487 e. The topological polar surface area (TPSA) is 116 Å². The van der Waals surface area contributed by atoms with Crippen molar-refractivity contribution in [1.29, 1.82) is 0 Å². The van der Waals surface area contributed by atoms with Crippen LogP contribution in [0.15, 0.2) is 12.7 Å². The summed E-state index contributed by atoms with van der Waals surface area (Å²) in [5.41, 5.74) is 4.95. The molecule has 0 saturated heterocycles. The second kappa shape index (κ2) is 5.59. The van der Waals surface area contributed by atoms with E-state index in [1.54, 1.807) is 0 Å². The molecule has 7 nitrogen and oxygen atoms in total. The molecule has 0 fully saturated rings. The molecule has 1 atom stereocenters. The van der Waals surface area contributed by atoms with E-state index in [0.29, 0.717) is 0 Å². The number of hydrogen-bond donors (Lipinski definition) is 2. The minimum atomic E-state index is -4.58. The Balaban J connectivity index is 4.35. The van der Waals surface area contributed by atoms with Crippen molar-refractivity contribution in [3.05, 3.63) is 12.7 Å². The first-order valence-electron chi connectivity index (χ1n) is 3.55. The Labute approximate surface area is 82.3 Å². The van der Waals surface area contributed by atoms with Crippen LogP contribution in [0.4, 0.5) is 0 Å². The minimum Gasteiger partial charge on any atom is -0.329 e. The molecular weight excluding hydrogens is 233 g/mol. The summed E-state index contributed by atoms with van der Waals surface area (Å²) in [7, 11) is -8.69. The first-order chi connectivity index (χ1) is 6.33. The normalized spacial score (nSPS) is 16.1. The van der Waals surface area contributed by atoms with Crippen LogP contribution in [0, 0.1) is 0 Å². The van der Waals surface area contributed by atoms with Crippen LogP contribution in [-0.4, -0.2) is 32.2 Å². The highest BCUT2D eigenvalue weighted by Gasteiger charge is 2.28. The maximum Gasteiger partial charge on any atom is 0.487 e. The van der Waals surface area contributed by atoms with Crippen molar-refractivity contribution in [3.63, 3.8) is 0 Å². The first-order valence-corrected chi connectivity index (χ1v) is 6.62. The van der Waals surface area contributed by atoms with Gasteiger partial charge in [0.05, 0.1) is 12.4 Å². The predicted octanol–water partition coefficient (Wildman–Crippen LogP) is -0.406. The van der Waals surface area contributed by atoms with E-state index in [1.165, 1.54) is 6.08 Å². The van der Waals surface area contributed by atoms with Crippen LogP contribution in [0.3, 0.4) is 0 Å². The van der Waals surface area contributed by atoms with Crippen molar-refractivity contribution in [2.45, 2.75) is 0 Å². The van der Waals surface area contributed by atoms with Gasteiger partial charge in [-0.05, 0) is 0 Å². The van der Waals surface area contributed by atoms with Gasteiger partial charge in [0.25, 0.3) is 10.1 Å². The monoisotopic (exact) mass is 245 g/mol. The van der Waals surface area contributed by atoms with Crippen LogP contribution < -0.4 is 5.73 Å². The molecule has 14 heavy (non-hydrogen) atoms. The zero-order chi connectivity index (χ0) is 11.2. The Bertz CT molecular complexity index is 325. The van der Waals surface area contributed by atoms with Gasteiger partial charge >= 0.3 is 7.82 Å². The summed E-state index contributed by atoms with van der Waals surface area (Å²) in [4.78, 5) is 8.85. The molecular formula is C5H12NO6PS. The van der Waals surface area contributed by atoms with Crippen molar-refractivity contribution < 1.29 is 26.4 Å². The van der Waals surface area contributed by atoms with Gasteiger partial charge in [0, 0.05) is 6.54 Å². The second-order valence-electron chi connectivity index (χ2n) is 2.18. The molecule has 0 aromatic rings. The van der Waals surface area contributed by atoms with Gasteiger partial charge in [0.15, 0.2) is 0 Å². The molecule has 84 valence electrons. The zero-order valence-corrected chi connectivity index (χ0v) is 9.04. The number of phosphoric ester groups is 1. The number of phosphoric acid groups is 1. The van der Waals surface area contributed by atoms with Crippen molar-refractivity contribution >= 4 is 17.9 Å². The Morgan fingerprint density at radius 2 is 2.14 bits per heavy atom. The van der Waals surface area contributed by atoms with Crippen LogP contribution in [0.25, 0.3) is 0 Å². The molecule has 0 amide bonds. The van der Waals surface area contributed by atoms with Crippen LogP contribution in [0.2, 0.25) is 0 Å². The summed E-state index contributed by atoms with van der Waals surface area (Å²) in [6, 6.07) is 0. The quantitative estimate of drug-likeness (QED) is 0.462. The molecule has 0 aliphatic rings. The zero-order valence-electron chi connectivity index (χ0n) is 7.33. The summed E-state index contributed by atoms with van der Waals surface area (Å²) in [6.07, 6.45) is 1.18. The highest BCUT2D eigenvalue weighted by Crippen LogP contribution is 2.44. The van der Waals surface area contributed by atoms with E-state index < -0.39 is 23.7 Å². The molecule has 3 N–H and O–H groups in total. The number of hydrogen-bond acceptors (Lipinski definition) is 6. The van der Waals surface area contributed by atoms with Crippen LogP contribution in [0.5, 0.6) is 0 Å². The van der Waals surface area contributed by atoms with Gasteiger partial charge < -0.3 is 10.6 Å². The van der Waals surface area contributed by atoms with Gasteiger partial charge in [0.2, 0.25) is 0 Å². The fourth-order valence-electron chi connectivity index (χ4n) is 0.494. The highest BCUT2D eigenvalue weighted by atomic mass is 32.2. The molecule has 0 aromatic heterocycles. The van der Waals surface area contributed by atoms with E-state index in [4.69, 9.17) is 10.6 Å². The standard InChI is InChI=1S/C5H12NO6PS/c1-2-4-11-13(7,8)12-14(9,10)5-3-6/h2H,1,3-6H2,(H,7,8). The lowest BCUT2D eigenvalue weighted by Crippen LogP contribution is -2.17. The Hall–Kier alpha value is -0.240. The molecule has 0 heterocycles. The van der Waals surface area contributed by atoms with Crippen molar-refractivity contribution in [3.8, 4) is 0 Å². The van der Waals surface area contributed by atoms with Crippen molar-refractivity contribution in [2.75, 3.05) is 18.9 Å². The van der Waals surface area contributed by atoms with Crippen LogP contribution in [0.1, 0.15) is 0 Å². The van der Waals surface area contributed by atoms with Crippen molar-refractivity contribution in [1.82, 2.24) is 0 Å². The molecule has 0 aliphatic carbocycles. The maximum atomic E-state index is 10.9. The lowest BCUT2D eigenvalue weighted by Gasteiger charge is -2.09. The third kappa shape index (κ3) is 6.25. The third-order valence-electron chi connectivity index (χ3n) is 0.931. The average Bonchev–Trinajstić information content (AvgIpc) is 1.98. The van der Waals surface area contributed by atoms with E-state index in [2.05, 4.69) is 15.1 Å². The van der Waals surface area contributed by atoms with Gasteiger partial charge in [-0.25, -0.2) is 4.57 Å². The second-order valence-corrected chi connectivity index (χ2v) is 5.49. The molecule has 9 heteroatoms. The van der Waals surface area contributed by atoms with Gasteiger partial charge in [-0.15, -0.1) is 6.58 Å². The average molecular weight is 245 g/mol. The van der Waals surface area contributed by atoms with Crippen LogP contribution >= 0.6 is 7.82 Å². The molecule has 0 saturated carbocycles. The molecule has 0 radical (unpaired) electrons. The molecule has 0 aromatic carbocycles.